The van der Waals surface area contributed by atoms with Crippen LogP contribution in [0.5, 0.6) is 0 Å². The highest BCUT2D eigenvalue weighted by Crippen LogP contribution is 2.40. The zero-order chi connectivity index (χ0) is 11.8. The fourth-order valence-electron chi connectivity index (χ4n) is 3.02. The Hall–Kier alpha value is -1.77. The van der Waals surface area contributed by atoms with Gasteiger partial charge < -0.3 is 10.0 Å². The predicted octanol–water partition coefficient (Wildman–Crippen LogP) is 2.71. The zero-order valence-corrected chi connectivity index (χ0v) is 9.49. The molecular weight excluding hydrogens is 214 g/mol. The van der Waals surface area contributed by atoms with Crippen LogP contribution in [-0.4, -0.2) is 28.7 Å². The van der Waals surface area contributed by atoms with E-state index in [1.165, 1.54) is 5.56 Å². The predicted molar refractivity (Wildman–Crippen MR) is 64.9 cm³/mol. The maximum Gasteiger partial charge on any atom is 0.407 e. The van der Waals surface area contributed by atoms with Gasteiger partial charge in [0.25, 0.3) is 0 Å². The van der Waals surface area contributed by atoms with E-state index in [-0.39, 0.29) is 6.04 Å². The first-order chi connectivity index (χ1) is 8.25. The number of piperidine rings is 1. The van der Waals surface area contributed by atoms with Gasteiger partial charge in [0.2, 0.25) is 0 Å². The number of hydrogen-bond acceptors (Lipinski definition) is 1. The molecule has 2 aliphatic heterocycles. The van der Waals surface area contributed by atoms with Crippen LogP contribution in [0.2, 0.25) is 0 Å². The van der Waals surface area contributed by atoms with Gasteiger partial charge in [0, 0.05) is 12.5 Å². The van der Waals surface area contributed by atoms with Crippen LogP contribution in [0.25, 0.3) is 0 Å². The van der Waals surface area contributed by atoms with Crippen molar-refractivity contribution in [1.82, 2.24) is 4.90 Å². The second-order valence-electron chi connectivity index (χ2n) is 4.82. The lowest BCUT2D eigenvalue weighted by molar-refractivity contribution is 0.0919. The Morgan fingerprint density at radius 3 is 2.65 bits per heavy atom. The Morgan fingerprint density at radius 1 is 1.24 bits per heavy atom. The summed E-state index contributed by atoms with van der Waals surface area (Å²) in [7, 11) is 0. The maximum atomic E-state index is 11.2. The average Bonchev–Trinajstić information content (AvgIpc) is 2.40. The first kappa shape index (κ1) is 10.4. The van der Waals surface area contributed by atoms with Crippen molar-refractivity contribution in [2.45, 2.75) is 18.4 Å². The molecule has 3 aliphatic rings. The van der Waals surface area contributed by atoms with Crippen LogP contribution < -0.4 is 0 Å². The van der Waals surface area contributed by atoms with Crippen LogP contribution in [0.4, 0.5) is 4.79 Å². The van der Waals surface area contributed by atoms with E-state index in [0.29, 0.717) is 18.4 Å². The Morgan fingerprint density at radius 2 is 2.00 bits per heavy atom. The number of nitrogens with zero attached hydrogens (tertiary/aromatic N) is 1. The Bertz CT molecular complexity index is 455. The van der Waals surface area contributed by atoms with Gasteiger partial charge in [-0.1, -0.05) is 42.5 Å². The van der Waals surface area contributed by atoms with Gasteiger partial charge in [-0.25, -0.2) is 4.79 Å². The molecule has 4 rings (SSSR count). The Balaban J connectivity index is 1.93. The number of carboxylic acid groups (broad SMARTS) is 1. The van der Waals surface area contributed by atoms with Crippen molar-refractivity contribution in [2.24, 2.45) is 5.92 Å². The van der Waals surface area contributed by atoms with E-state index in [0.717, 1.165) is 6.42 Å². The van der Waals surface area contributed by atoms with Crippen molar-refractivity contribution in [3.05, 3.63) is 48.0 Å². The Labute approximate surface area is 100 Å². The SMILES string of the molecule is O=C(O)N1CC2C=CC1C(c1ccccc1)C2. The normalized spacial score (nSPS) is 30.6. The van der Waals surface area contributed by atoms with Gasteiger partial charge >= 0.3 is 6.09 Å². The van der Waals surface area contributed by atoms with Crippen LogP contribution in [0.3, 0.4) is 0 Å². The summed E-state index contributed by atoms with van der Waals surface area (Å²) in [6.07, 6.45) is 4.49. The summed E-state index contributed by atoms with van der Waals surface area (Å²) in [4.78, 5) is 12.8. The third kappa shape index (κ3) is 1.71. The second-order valence-corrected chi connectivity index (χ2v) is 4.82. The quantitative estimate of drug-likeness (QED) is 0.752. The molecule has 3 unspecified atom stereocenters. The van der Waals surface area contributed by atoms with E-state index in [4.69, 9.17) is 0 Å². The van der Waals surface area contributed by atoms with Crippen molar-refractivity contribution in [3.63, 3.8) is 0 Å². The summed E-state index contributed by atoms with van der Waals surface area (Å²) in [6.45, 7) is 0.653. The van der Waals surface area contributed by atoms with Crippen LogP contribution >= 0.6 is 0 Å². The molecule has 3 heteroatoms. The molecule has 0 aromatic heterocycles. The molecule has 1 amide bonds. The lowest BCUT2D eigenvalue weighted by Gasteiger charge is -2.45. The van der Waals surface area contributed by atoms with Gasteiger partial charge in [-0.05, 0) is 17.9 Å². The summed E-state index contributed by atoms with van der Waals surface area (Å²) in [5.74, 6) is 0.692. The highest BCUT2D eigenvalue weighted by atomic mass is 16.4. The molecule has 2 bridgehead atoms. The second kappa shape index (κ2) is 3.91. The number of rotatable bonds is 1. The Kier molecular flexibility index (Phi) is 2.39. The van der Waals surface area contributed by atoms with Crippen molar-refractivity contribution >= 4 is 6.09 Å². The zero-order valence-electron chi connectivity index (χ0n) is 9.49. The molecule has 3 atom stereocenters. The van der Waals surface area contributed by atoms with E-state index < -0.39 is 6.09 Å². The number of benzene rings is 1. The van der Waals surface area contributed by atoms with Gasteiger partial charge in [0.05, 0.1) is 6.04 Å². The number of amides is 1. The summed E-state index contributed by atoms with van der Waals surface area (Å²) in [5.41, 5.74) is 1.25. The van der Waals surface area contributed by atoms with Crippen LogP contribution in [-0.2, 0) is 0 Å². The van der Waals surface area contributed by atoms with Crippen molar-refractivity contribution in [1.29, 1.82) is 0 Å². The minimum absolute atomic E-state index is 0.0138. The fraction of sp³-hybridized carbons (Fsp3) is 0.357. The molecule has 0 saturated carbocycles. The molecule has 1 aromatic rings. The monoisotopic (exact) mass is 229 g/mol. The van der Waals surface area contributed by atoms with E-state index in [1.807, 2.05) is 18.2 Å². The number of fused-ring (bicyclic) bond motifs is 2. The molecule has 3 nitrogen and oxygen atoms in total. The van der Waals surface area contributed by atoms with E-state index in [9.17, 15) is 9.90 Å². The molecular formula is C14H15NO2. The van der Waals surface area contributed by atoms with E-state index in [1.54, 1.807) is 4.90 Å². The van der Waals surface area contributed by atoms with Crippen LogP contribution in [0.1, 0.15) is 17.9 Å². The molecule has 88 valence electrons. The molecule has 2 heterocycles. The lowest BCUT2D eigenvalue weighted by atomic mass is 9.74. The summed E-state index contributed by atoms with van der Waals surface area (Å²) < 4.78 is 0. The average molecular weight is 229 g/mol. The van der Waals surface area contributed by atoms with Crippen LogP contribution in [0, 0.1) is 5.92 Å². The van der Waals surface area contributed by atoms with Gasteiger partial charge in [0.15, 0.2) is 0 Å². The van der Waals surface area contributed by atoms with E-state index >= 15 is 0 Å². The maximum absolute atomic E-state index is 11.2. The molecule has 1 N–H and O–H groups in total. The van der Waals surface area contributed by atoms with Crippen molar-refractivity contribution < 1.29 is 9.90 Å². The molecule has 1 aromatic carbocycles. The van der Waals surface area contributed by atoms with Gasteiger partial charge in [-0.15, -0.1) is 0 Å². The summed E-state index contributed by atoms with van der Waals surface area (Å²) in [5, 5.41) is 9.22. The highest BCUT2D eigenvalue weighted by molar-refractivity contribution is 5.67. The molecule has 0 spiro atoms. The molecule has 17 heavy (non-hydrogen) atoms. The van der Waals surface area contributed by atoms with Gasteiger partial charge in [-0.2, -0.15) is 0 Å². The summed E-state index contributed by atoms with van der Waals surface area (Å²) >= 11 is 0. The van der Waals surface area contributed by atoms with Crippen molar-refractivity contribution in [2.75, 3.05) is 6.54 Å². The number of carbonyl (C=O) groups is 1. The first-order valence-corrected chi connectivity index (χ1v) is 5.98. The standard InChI is InChI=1S/C14H15NO2/c16-14(17)15-9-10-6-7-13(15)12(8-10)11-4-2-1-3-5-11/h1-7,10,12-13H,8-9H2,(H,16,17). The smallest absolute Gasteiger partial charge is 0.407 e. The van der Waals surface area contributed by atoms with Crippen LogP contribution in [0.15, 0.2) is 42.5 Å². The fourth-order valence-corrected chi connectivity index (χ4v) is 3.02. The molecule has 1 fully saturated rings. The van der Waals surface area contributed by atoms with Gasteiger partial charge in [-0.3, -0.25) is 0 Å². The third-order valence-electron chi connectivity index (χ3n) is 3.81. The molecule has 1 aliphatic carbocycles. The molecule has 0 radical (unpaired) electrons. The topological polar surface area (TPSA) is 40.5 Å². The minimum Gasteiger partial charge on any atom is -0.465 e. The van der Waals surface area contributed by atoms with Crippen molar-refractivity contribution in [3.8, 4) is 0 Å². The third-order valence-corrected chi connectivity index (χ3v) is 3.81. The number of hydrogen-bond donors (Lipinski definition) is 1. The largest absolute Gasteiger partial charge is 0.465 e. The summed E-state index contributed by atoms with van der Waals surface area (Å²) in [6, 6.07) is 10.2. The first-order valence-electron chi connectivity index (χ1n) is 5.98. The van der Waals surface area contributed by atoms with E-state index in [2.05, 4.69) is 24.3 Å². The van der Waals surface area contributed by atoms with Gasteiger partial charge in [0.1, 0.15) is 0 Å². The molecule has 1 saturated heterocycles. The highest BCUT2D eigenvalue weighted by Gasteiger charge is 2.40. The lowest BCUT2D eigenvalue weighted by Crippen LogP contribution is -2.51. The minimum atomic E-state index is -0.801.